The lowest BCUT2D eigenvalue weighted by Gasteiger charge is -2.19. The Morgan fingerprint density at radius 3 is 2.44 bits per heavy atom. The topological polar surface area (TPSA) is 75.6 Å². The normalized spacial score (nSPS) is 13.1. The minimum absolute atomic E-state index is 0.0508. The smallest absolute Gasteiger partial charge is 0.348 e. The molecular formula is C19H17ClNO4PS. The van der Waals surface area contributed by atoms with Crippen LogP contribution in [0.3, 0.4) is 0 Å². The Balaban J connectivity index is 2.05. The minimum Gasteiger partial charge on any atom is -0.477 e. The van der Waals surface area contributed by atoms with E-state index in [0.29, 0.717) is 0 Å². The van der Waals surface area contributed by atoms with Gasteiger partial charge in [-0.1, -0.05) is 53.6 Å². The van der Waals surface area contributed by atoms with Gasteiger partial charge in [-0.3, -0.25) is 4.57 Å². The molecule has 3 aromatic rings. The lowest BCUT2D eigenvalue weighted by Crippen LogP contribution is -2.15. The van der Waals surface area contributed by atoms with Crippen molar-refractivity contribution in [2.75, 3.05) is 12.2 Å². The summed E-state index contributed by atoms with van der Waals surface area (Å²) < 4.78 is 18.6. The molecule has 0 aliphatic heterocycles. The molecule has 0 saturated heterocycles. The molecule has 140 valence electrons. The van der Waals surface area contributed by atoms with Crippen LogP contribution in [0.1, 0.15) is 15.2 Å². The van der Waals surface area contributed by atoms with Crippen molar-refractivity contribution in [1.29, 1.82) is 0 Å². The fourth-order valence-corrected chi connectivity index (χ4v) is 5.59. The molecule has 1 atom stereocenters. The summed E-state index contributed by atoms with van der Waals surface area (Å²) >= 11 is 7.27. The highest BCUT2D eigenvalue weighted by molar-refractivity contribution is 7.68. The van der Waals surface area contributed by atoms with Gasteiger partial charge in [0.05, 0.1) is 16.0 Å². The summed E-state index contributed by atoms with van der Waals surface area (Å²) in [5, 5.41) is 12.9. The van der Waals surface area contributed by atoms with E-state index in [1.807, 2.05) is 31.2 Å². The van der Waals surface area contributed by atoms with Crippen molar-refractivity contribution < 1.29 is 19.0 Å². The van der Waals surface area contributed by atoms with Crippen LogP contribution in [0.4, 0.5) is 5.69 Å². The summed E-state index contributed by atoms with van der Waals surface area (Å²) in [5.41, 5.74) is 2.22. The molecule has 8 heteroatoms. The Hall–Kier alpha value is -2.11. The lowest BCUT2D eigenvalue weighted by molar-refractivity contribution is 0.0703. The maximum absolute atomic E-state index is 13.3. The number of hydrogen-bond acceptors (Lipinski definition) is 4. The average molecular weight is 422 g/mol. The molecular weight excluding hydrogens is 405 g/mol. The number of aromatic carboxylic acids is 1. The zero-order valence-corrected chi connectivity index (χ0v) is 17.1. The Kier molecular flexibility index (Phi) is 5.72. The van der Waals surface area contributed by atoms with E-state index in [9.17, 15) is 14.5 Å². The van der Waals surface area contributed by atoms with E-state index in [1.54, 1.807) is 30.3 Å². The van der Waals surface area contributed by atoms with Crippen molar-refractivity contribution in [3.05, 3.63) is 70.1 Å². The van der Waals surface area contributed by atoms with Crippen LogP contribution < -0.4 is 10.4 Å². The molecule has 0 amide bonds. The number of benzene rings is 2. The molecule has 5 nitrogen and oxygen atoms in total. The number of halogens is 1. The number of aryl methyl sites for hydroxylation is 1. The maximum Gasteiger partial charge on any atom is 0.348 e. The fraction of sp³-hybridized carbons (Fsp3) is 0.105. The van der Waals surface area contributed by atoms with Crippen LogP contribution in [0.2, 0.25) is 5.02 Å². The fourth-order valence-electron chi connectivity index (χ4n) is 2.55. The Morgan fingerprint density at radius 2 is 1.85 bits per heavy atom. The predicted molar refractivity (Wildman–Crippen MR) is 111 cm³/mol. The predicted octanol–water partition coefficient (Wildman–Crippen LogP) is 5.65. The van der Waals surface area contributed by atoms with Crippen LogP contribution in [-0.2, 0) is 9.09 Å². The summed E-state index contributed by atoms with van der Waals surface area (Å²) in [6, 6.07) is 16.0. The van der Waals surface area contributed by atoms with E-state index >= 15 is 0 Å². The van der Waals surface area contributed by atoms with Gasteiger partial charge in [0.15, 0.2) is 0 Å². The van der Waals surface area contributed by atoms with Gasteiger partial charge in [0.2, 0.25) is 0 Å². The Labute approximate surface area is 166 Å². The number of carboxylic acid groups (broad SMARTS) is 1. The molecule has 0 saturated carbocycles. The average Bonchev–Trinajstić information content (AvgIpc) is 3.06. The molecule has 1 aromatic heterocycles. The highest BCUT2D eigenvalue weighted by Crippen LogP contribution is 2.49. The van der Waals surface area contributed by atoms with E-state index < -0.39 is 13.5 Å². The maximum atomic E-state index is 13.3. The van der Waals surface area contributed by atoms with Crippen LogP contribution >= 0.6 is 30.5 Å². The second-order valence-corrected chi connectivity index (χ2v) is 9.45. The van der Waals surface area contributed by atoms with E-state index in [1.165, 1.54) is 7.11 Å². The highest BCUT2D eigenvalue weighted by Gasteiger charge is 2.30. The summed E-state index contributed by atoms with van der Waals surface area (Å²) in [5.74, 6) is -1.11. The first-order chi connectivity index (χ1) is 12.8. The highest BCUT2D eigenvalue weighted by atomic mass is 35.5. The second kappa shape index (κ2) is 7.87. The van der Waals surface area contributed by atoms with Crippen LogP contribution in [0.15, 0.2) is 54.6 Å². The molecule has 0 fully saturated rings. The van der Waals surface area contributed by atoms with Gasteiger partial charge in [-0.15, -0.1) is 11.3 Å². The third kappa shape index (κ3) is 4.09. The van der Waals surface area contributed by atoms with Crippen molar-refractivity contribution >= 4 is 47.4 Å². The van der Waals surface area contributed by atoms with Crippen molar-refractivity contribution in [3.63, 3.8) is 0 Å². The van der Waals surface area contributed by atoms with Gasteiger partial charge >= 0.3 is 13.5 Å². The second-order valence-electron chi connectivity index (χ2n) is 5.82. The first kappa shape index (κ1) is 19.6. The van der Waals surface area contributed by atoms with Crippen LogP contribution in [0.5, 0.6) is 0 Å². The molecule has 0 radical (unpaired) electrons. The third-order valence-electron chi connectivity index (χ3n) is 3.96. The van der Waals surface area contributed by atoms with Gasteiger partial charge in [-0.05, 0) is 30.7 Å². The summed E-state index contributed by atoms with van der Waals surface area (Å²) in [6.07, 6.45) is 0. The number of thiophene rings is 1. The van der Waals surface area contributed by atoms with Gasteiger partial charge in [0.25, 0.3) is 0 Å². The van der Waals surface area contributed by atoms with Crippen molar-refractivity contribution in [3.8, 4) is 10.4 Å². The number of carbonyl (C=O) groups is 1. The number of rotatable bonds is 6. The van der Waals surface area contributed by atoms with E-state index in [4.69, 9.17) is 16.1 Å². The van der Waals surface area contributed by atoms with Crippen molar-refractivity contribution in [2.45, 2.75) is 6.92 Å². The zero-order valence-electron chi connectivity index (χ0n) is 14.6. The summed E-state index contributed by atoms with van der Waals surface area (Å²) in [4.78, 5) is 12.5. The Morgan fingerprint density at radius 1 is 1.19 bits per heavy atom. The zero-order chi connectivity index (χ0) is 19.6. The first-order valence-corrected chi connectivity index (χ1v) is 10.8. The molecule has 2 aromatic carbocycles. The van der Waals surface area contributed by atoms with E-state index in [0.717, 1.165) is 27.3 Å². The number of anilines is 1. The molecule has 0 spiro atoms. The van der Waals surface area contributed by atoms with Crippen LogP contribution in [-0.4, -0.2) is 18.2 Å². The molecule has 1 heterocycles. The van der Waals surface area contributed by atoms with Gasteiger partial charge < -0.3 is 14.7 Å². The van der Waals surface area contributed by atoms with Gasteiger partial charge in [-0.25, -0.2) is 4.79 Å². The standard InChI is InChI=1S/C19H17ClNO4PS/c1-12-7-9-13(10-8-12)17-11-15(18(27-17)19(22)23)21-26(24,25-2)16-6-4-3-5-14(16)20/h3-11H,1-2H3,(H,21,24)(H,22,23). The third-order valence-corrected chi connectivity index (χ3v) is 7.66. The SMILES string of the molecule is COP(=O)(Nc1cc(-c2ccc(C)cc2)sc1C(=O)O)c1ccccc1Cl. The molecule has 3 rings (SSSR count). The monoisotopic (exact) mass is 421 g/mol. The van der Waals surface area contributed by atoms with Crippen LogP contribution in [0.25, 0.3) is 10.4 Å². The minimum atomic E-state index is -3.60. The lowest BCUT2D eigenvalue weighted by atomic mass is 10.1. The van der Waals surface area contributed by atoms with E-state index in [-0.39, 0.29) is 20.9 Å². The quantitative estimate of drug-likeness (QED) is 0.503. The van der Waals surface area contributed by atoms with E-state index in [2.05, 4.69) is 5.09 Å². The number of hydrogen-bond donors (Lipinski definition) is 2. The molecule has 27 heavy (non-hydrogen) atoms. The number of carboxylic acids is 1. The first-order valence-electron chi connectivity index (χ1n) is 7.97. The summed E-state index contributed by atoms with van der Waals surface area (Å²) in [6.45, 7) is 1.98. The van der Waals surface area contributed by atoms with Crippen LogP contribution in [0, 0.1) is 6.92 Å². The molecule has 1 unspecified atom stereocenters. The Bertz CT molecular complexity index is 1030. The number of nitrogens with one attached hydrogen (secondary N) is 1. The summed E-state index contributed by atoms with van der Waals surface area (Å²) in [7, 11) is -2.31. The van der Waals surface area contributed by atoms with Crippen molar-refractivity contribution in [1.82, 2.24) is 0 Å². The van der Waals surface area contributed by atoms with Gasteiger partial charge in [0, 0.05) is 12.0 Å². The molecule has 0 aliphatic rings. The molecule has 2 N–H and O–H groups in total. The van der Waals surface area contributed by atoms with Gasteiger partial charge in [-0.2, -0.15) is 0 Å². The molecule has 0 bridgehead atoms. The largest absolute Gasteiger partial charge is 0.477 e. The van der Waals surface area contributed by atoms with Gasteiger partial charge in [0.1, 0.15) is 4.88 Å². The molecule has 0 aliphatic carbocycles. The van der Waals surface area contributed by atoms with Crippen molar-refractivity contribution in [2.24, 2.45) is 0 Å².